The third-order valence-electron chi connectivity index (χ3n) is 8.54. The third-order valence-corrected chi connectivity index (χ3v) is 8.54. The van der Waals surface area contributed by atoms with Crippen LogP contribution in [0.2, 0.25) is 0 Å². The normalized spacial score (nSPS) is 21.4. The number of carbonyl (C=O) groups is 2. The molecule has 2 aromatic rings. The van der Waals surface area contributed by atoms with Crippen molar-refractivity contribution in [2.24, 2.45) is 22.7 Å². The lowest BCUT2D eigenvalue weighted by atomic mass is 9.89. The first-order valence-corrected chi connectivity index (χ1v) is 14.2. The second-order valence-electron chi connectivity index (χ2n) is 11.5. The minimum Gasteiger partial charge on any atom is -0.392 e. The highest BCUT2D eigenvalue weighted by Gasteiger charge is 2.38. The van der Waals surface area contributed by atoms with Gasteiger partial charge in [-0.15, -0.1) is 0 Å². The molecule has 2 N–H and O–H groups in total. The van der Waals surface area contributed by atoms with Crippen molar-refractivity contribution >= 4 is 23.2 Å². The lowest BCUT2D eigenvalue weighted by Gasteiger charge is -2.26. The molecule has 1 heterocycles. The Morgan fingerprint density at radius 3 is 2.38 bits per heavy atom. The van der Waals surface area contributed by atoms with Crippen molar-refractivity contribution in [1.82, 2.24) is 5.32 Å². The molecule has 214 valence electrons. The van der Waals surface area contributed by atoms with E-state index in [1.54, 1.807) is 31.3 Å². The van der Waals surface area contributed by atoms with Gasteiger partial charge in [-0.1, -0.05) is 68.9 Å². The predicted molar refractivity (Wildman–Crippen MR) is 147 cm³/mol. The van der Waals surface area contributed by atoms with Gasteiger partial charge in [0, 0.05) is 18.2 Å². The summed E-state index contributed by atoms with van der Waals surface area (Å²) in [5, 5.41) is 13.9. The monoisotopic (exact) mass is 555 g/mol. The maximum Gasteiger partial charge on any atom is 0.416 e. The molecule has 3 atom stereocenters. The Labute approximate surface area is 232 Å². The molecule has 3 aliphatic rings. The number of alkyl halides is 3. The van der Waals surface area contributed by atoms with Crippen LogP contribution in [0.3, 0.4) is 0 Å². The van der Waals surface area contributed by atoms with Gasteiger partial charge in [0.25, 0.3) is 5.91 Å². The maximum absolute atomic E-state index is 13.6. The van der Waals surface area contributed by atoms with Crippen molar-refractivity contribution in [1.29, 1.82) is 0 Å². The van der Waals surface area contributed by atoms with Crippen molar-refractivity contribution in [2.45, 2.75) is 76.2 Å². The molecule has 5 rings (SSSR count). The minimum absolute atomic E-state index is 0.313. The van der Waals surface area contributed by atoms with E-state index in [2.05, 4.69) is 10.3 Å². The van der Waals surface area contributed by atoms with Crippen molar-refractivity contribution in [3.05, 3.63) is 65.2 Å². The van der Waals surface area contributed by atoms with E-state index < -0.39 is 41.7 Å². The minimum atomic E-state index is -4.48. The zero-order valence-corrected chi connectivity index (χ0v) is 22.7. The van der Waals surface area contributed by atoms with Gasteiger partial charge >= 0.3 is 6.18 Å². The highest BCUT2D eigenvalue weighted by atomic mass is 19.4. The third kappa shape index (κ3) is 6.40. The smallest absolute Gasteiger partial charge is 0.392 e. The first kappa shape index (κ1) is 28.3. The lowest BCUT2D eigenvalue weighted by Crippen LogP contribution is -2.49. The van der Waals surface area contributed by atoms with Crippen LogP contribution >= 0.6 is 0 Å². The largest absolute Gasteiger partial charge is 0.416 e. The number of nitrogens with zero attached hydrogens (tertiary/aromatic N) is 2. The van der Waals surface area contributed by atoms with Crippen molar-refractivity contribution in [3.8, 4) is 0 Å². The first-order chi connectivity index (χ1) is 19.1. The number of likely N-dealkylation sites (N-methyl/N-ethyl adjacent to an activating group) is 1. The number of aliphatic hydroxyl groups excluding tert-OH is 1. The molecule has 0 bridgehead atoms. The fourth-order valence-electron chi connectivity index (χ4n) is 5.96. The molecule has 0 radical (unpaired) electrons. The molecule has 2 aromatic carbocycles. The number of aliphatic hydroxyl groups is 1. The van der Waals surface area contributed by atoms with E-state index in [0.717, 1.165) is 44.2 Å². The van der Waals surface area contributed by atoms with E-state index in [4.69, 9.17) is 0 Å². The number of halogens is 3. The summed E-state index contributed by atoms with van der Waals surface area (Å²) in [6, 6.07) is 11.6. The van der Waals surface area contributed by atoms with Crippen LogP contribution in [0.15, 0.2) is 53.5 Å². The molecule has 2 aliphatic carbocycles. The Morgan fingerprint density at radius 2 is 1.73 bits per heavy atom. The second-order valence-corrected chi connectivity index (χ2v) is 11.5. The van der Waals surface area contributed by atoms with Crippen LogP contribution in [0, 0.1) is 17.8 Å². The van der Waals surface area contributed by atoms with Crippen molar-refractivity contribution < 1.29 is 27.9 Å². The topological polar surface area (TPSA) is 82.0 Å². The Kier molecular flexibility index (Phi) is 8.31. The molecule has 0 spiro atoms. The van der Waals surface area contributed by atoms with Crippen LogP contribution in [-0.4, -0.2) is 41.9 Å². The molecule has 3 unspecified atom stereocenters. The van der Waals surface area contributed by atoms with Gasteiger partial charge in [0.05, 0.1) is 29.0 Å². The number of hydrogen-bond acceptors (Lipinski definition) is 4. The van der Waals surface area contributed by atoms with Crippen molar-refractivity contribution in [2.75, 3.05) is 11.9 Å². The lowest BCUT2D eigenvalue weighted by molar-refractivity contribution is -0.137. The SMILES string of the molecule is CN1C(=O)C(NC(=O)C(CC2CC2)C(O)CCC2CCCC2)N=C(c2ccc(C(F)(F)F)cc2)c2ccccc21. The van der Waals surface area contributed by atoms with Gasteiger partial charge in [-0.3, -0.25) is 9.59 Å². The number of rotatable bonds is 9. The quantitative estimate of drug-likeness (QED) is 0.416. The highest BCUT2D eigenvalue weighted by molar-refractivity contribution is 6.20. The average Bonchev–Trinajstić information content (AvgIpc) is 3.63. The molecular weight excluding hydrogens is 519 g/mol. The van der Waals surface area contributed by atoms with E-state index in [0.29, 0.717) is 47.2 Å². The summed E-state index contributed by atoms with van der Waals surface area (Å²) >= 11 is 0. The molecular formula is C31H36F3N3O3. The molecule has 0 saturated heterocycles. The fraction of sp³-hybridized carbons (Fsp3) is 0.516. The number of aliphatic imine (C=N–C) groups is 1. The number of carbonyl (C=O) groups excluding carboxylic acids is 2. The van der Waals surface area contributed by atoms with Gasteiger partial charge in [-0.25, -0.2) is 4.99 Å². The number of hydrogen-bond donors (Lipinski definition) is 2. The number of amides is 2. The van der Waals surface area contributed by atoms with E-state index in [9.17, 15) is 27.9 Å². The van der Waals surface area contributed by atoms with Gasteiger partial charge in [0.15, 0.2) is 0 Å². The number of benzodiazepines with no additional fused rings is 1. The van der Waals surface area contributed by atoms with Gasteiger partial charge in [-0.2, -0.15) is 13.2 Å². The van der Waals surface area contributed by atoms with E-state index in [1.165, 1.54) is 29.9 Å². The van der Waals surface area contributed by atoms with Crippen LogP contribution in [0.1, 0.15) is 74.5 Å². The number of nitrogens with one attached hydrogen (secondary N) is 1. The number of fused-ring (bicyclic) bond motifs is 1. The van der Waals surface area contributed by atoms with E-state index in [1.807, 2.05) is 0 Å². The maximum atomic E-state index is 13.6. The van der Waals surface area contributed by atoms with Crippen LogP contribution < -0.4 is 10.2 Å². The van der Waals surface area contributed by atoms with Crippen LogP contribution in [-0.2, 0) is 15.8 Å². The molecule has 6 nitrogen and oxygen atoms in total. The Balaban J connectivity index is 1.42. The summed E-state index contributed by atoms with van der Waals surface area (Å²) in [6.07, 6.45) is 2.21. The summed E-state index contributed by atoms with van der Waals surface area (Å²) < 4.78 is 39.6. The molecule has 1 aliphatic heterocycles. The first-order valence-electron chi connectivity index (χ1n) is 14.2. The Hall–Kier alpha value is -3.20. The standard InChI is InChI=1S/C31H36F3N3O3/c1-37-25-9-5-4-8-23(25)27(21-13-15-22(16-14-21)31(32,33)34)35-28(30(37)40)36-29(39)24(18-20-10-11-20)26(38)17-12-19-6-2-3-7-19/h4-5,8-9,13-16,19-20,24,26,28,38H,2-3,6-7,10-12,17-18H2,1H3,(H,36,39). The molecule has 2 fully saturated rings. The number of benzene rings is 2. The zero-order chi connectivity index (χ0) is 28.4. The second kappa shape index (κ2) is 11.7. The zero-order valence-electron chi connectivity index (χ0n) is 22.7. The summed E-state index contributed by atoms with van der Waals surface area (Å²) in [4.78, 5) is 33.2. The predicted octanol–water partition coefficient (Wildman–Crippen LogP) is 5.71. The molecule has 2 saturated carbocycles. The number of para-hydroxylation sites is 1. The summed E-state index contributed by atoms with van der Waals surface area (Å²) in [7, 11) is 1.59. The fourth-order valence-corrected chi connectivity index (χ4v) is 5.96. The number of anilines is 1. The Bertz CT molecular complexity index is 1250. The molecule has 2 amide bonds. The highest BCUT2D eigenvalue weighted by Crippen LogP contribution is 2.38. The Morgan fingerprint density at radius 1 is 1.05 bits per heavy atom. The molecule has 0 aromatic heterocycles. The molecule has 40 heavy (non-hydrogen) atoms. The van der Waals surface area contributed by atoms with Gasteiger partial charge in [-0.05, 0) is 49.3 Å². The summed E-state index contributed by atoms with van der Waals surface area (Å²) in [5.74, 6) is -0.555. The van der Waals surface area contributed by atoms with E-state index >= 15 is 0 Å². The molecule has 9 heteroatoms. The van der Waals surface area contributed by atoms with Crippen molar-refractivity contribution in [3.63, 3.8) is 0 Å². The van der Waals surface area contributed by atoms with Gasteiger partial charge < -0.3 is 15.3 Å². The summed E-state index contributed by atoms with van der Waals surface area (Å²) in [5.41, 5.74) is 1.03. The van der Waals surface area contributed by atoms with Crippen LogP contribution in [0.5, 0.6) is 0 Å². The average molecular weight is 556 g/mol. The van der Waals surface area contributed by atoms with Crippen LogP contribution in [0.25, 0.3) is 0 Å². The summed E-state index contributed by atoms with van der Waals surface area (Å²) in [6.45, 7) is 0. The van der Waals surface area contributed by atoms with E-state index in [-0.39, 0.29) is 0 Å². The van der Waals surface area contributed by atoms with Crippen LogP contribution in [0.4, 0.5) is 18.9 Å². The van der Waals surface area contributed by atoms with Gasteiger partial charge in [0.1, 0.15) is 0 Å². The van der Waals surface area contributed by atoms with Gasteiger partial charge in [0.2, 0.25) is 12.1 Å².